The van der Waals surface area contributed by atoms with Gasteiger partial charge in [0.05, 0.1) is 33.6 Å². The predicted octanol–water partition coefficient (Wildman–Crippen LogP) is 4.29. The number of nitrogens with zero attached hydrogens (tertiary/aromatic N) is 5. The van der Waals surface area contributed by atoms with E-state index in [1.807, 2.05) is 53.0 Å². The van der Waals surface area contributed by atoms with Gasteiger partial charge >= 0.3 is 5.97 Å². The van der Waals surface area contributed by atoms with Crippen molar-refractivity contribution in [3.63, 3.8) is 0 Å². The molecule has 1 amide bonds. The standard InChI is InChI=1S/C34H45N5O5/c1-6-7-16-38(26-10-8-9-24(18-26)22-39(3,4)5)32(40)21-37-20-27(25-11-13-29-30(19-25)44-23-43-29)33(34(41)42)28(37)12-14-31-35-15-17-36(31)2/h8-11,13,15,17-19,27-28,33H,6-7,12,14,16,20-23H2,1-5H3/p+1. The van der Waals surface area contributed by atoms with Crippen LogP contribution < -0.4 is 14.4 Å². The predicted molar refractivity (Wildman–Crippen MR) is 169 cm³/mol. The fourth-order valence-electron chi connectivity index (χ4n) is 6.59. The summed E-state index contributed by atoms with van der Waals surface area (Å²) in [5.41, 5.74) is 2.95. The van der Waals surface area contributed by atoms with Crippen LogP contribution in [0.1, 0.15) is 49.1 Å². The molecule has 44 heavy (non-hydrogen) atoms. The van der Waals surface area contributed by atoms with Crippen LogP contribution in [0, 0.1) is 5.92 Å². The third-order valence-corrected chi connectivity index (χ3v) is 8.70. The number of aliphatic carboxylic acids is 1. The van der Waals surface area contributed by atoms with Crippen molar-refractivity contribution in [2.75, 3.05) is 52.5 Å². The summed E-state index contributed by atoms with van der Waals surface area (Å²) in [6.07, 6.45) is 6.69. The lowest BCUT2D eigenvalue weighted by Gasteiger charge is -2.30. The Morgan fingerprint density at radius 3 is 2.61 bits per heavy atom. The van der Waals surface area contributed by atoms with Crippen LogP contribution in [0.15, 0.2) is 54.9 Å². The van der Waals surface area contributed by atoms with Gasteiger partial charge in [-0.3, -0.25) is 14.5 Å². The minimum atomic E-state index is -0.858. The number of ether oxygens (including phenoxy) is 2. The second kappa shape index (κ2) is 13.4. The molecule has 1 saturated heterocycles. The van der Waals surface area contributed by atoms with Gasteiger partial charge in [0, 0.05) is 62.2 Å². The molecule has 236 valence electrons. The Morgan fingerprint density at radius 2 is 1.91 bits per heavy atom. The molecule has 5 rings (SSSR count). The number of hydrogen-bond donors (Lipinski definition) is 1. The van der Waals surface area contributed by atoms with Gasteiger partial charge in [0.1, 0.15) is 12.4 Å². The number of unbranched alkanes of at least 4 members (excludes halogenated alkanes) is 1. The van der Waals surface area contributed by atoms with Gasteiger partial charge in [-0.05, 0) is 42.7 Å². The first-order valence-corrected chi connectivity index (χ1v) is 15.6. The van der Waals surface area contributed by atoms with Gasteiger partial charge in [-0.1, -0.05) is 31.5 Å². The van der Waals surface area contributed by atoms with Crippen LogP contribution in [0.5, 0.6) is 11.5 Å². The molecule has 10 nitrogen and oxygen atoms in total. The molecule has 3 heterocycles. The van der Waals surface area contributed by atoms with Crippen LogP contribution in [-0.4, -0.2) is 89.5 Å². The lowest BCUT2D eigenvalue weighted by molar-refractivity contribution is -0.884. The number of benzene rings is 2. The number of quaternary nitrogens is 1. The van der Waals surface area contributed by atoms with Gasteiger partial charge in [0.2, 0.25) is 12.7 Å². The summed E-state index contributed by atoms with van der Waals surface area (Å²) >= 11 is 0. The average Bonchev–Trinajstić information content (AvgIpc) is 3.69. The molecule has 10 heteroatoms. The molecule has 0 saturated carbocycles. The third-order valence-electron chi connectivity index (χ3n) is 8.70. The van der Waals surface area contributed by atoms with Crippen molar-refractivity contribution in [1.29, 1.82) is 0 Å². The molecule has 2 aliphatic heterocycles. The highest BCUT2D eigenvalue weighted by molar-refractivity contribution is 5.95. The molecule has 2 aliphatic rings. The van der Waals surface area contributed by atoms with Gasteiger partial charge in [-0.15, -0.1) is 0 Å². The number of fused-ring (bicyclic) bond motifs is 1. The van der Waals surface area contributed by atoms with E-state index >= 15 is 0 Å². The van der Waals surface area contributed by atoms with E-state index in [9.17, 15) is 14.7 Å². The van der Waals surface area contributed by atoms with Crippen molar-refractivity contribution in [2.24, 2.45) is 13.0 Å². The molecular formula is C34H46N5O5+. The number of amides is 1. The maximum absolute atomic E-state index is 14.2. The first kappa shape index (κ1) is 31.5. The van der Waals surface area contributed by atoms with Crippen molar-refractivity contribution in [2.45, 2.75) is 51.1 Å². The summed E-state index contributed by atoms with van der Waals surface area (Å²) in [5.74, 6) is 0.312. The van der Waals surface area contributed by atoms with E-state index in [0.29, 0.717) is 37.4 Å². The second-order valence-electron chi connectivity index (χ2n) is 13.1. The van der Waals surface area contributed by atoms with Crippen LogP contribution in [0.25, 0.3) is 0 Å². The Kier molecular flexibility index (Phi) is 9.60. The minimum absolute atomic E-state index is 0.0154. The highest BCUT2D eigenvalue weighted by Gasteiger charge is 2.47. The molecule has 0 bridgehead atoms. The monoisotopic (exact) mass is 604 g/mol. The highest BCUT2D eigenvalue weighted by atomic mass is 16.7. The lowest BCUT2D eigenvalue weighted by Crippen LogP contribution is -2.45. The first-order chi connectivity index (χ1) is 21.0. The number of hydrogen-bond acceptors (Lipinski definition) is 6. The molecule has 3 unspecified atom stereocenters. The molecule has 0 aliphatic carbocycles. The van der Waals surface area contributed by atoms with Gasteiger partial charge in [0.15, 0.2) is 11.5 Å². The number of aryl methyl sites for hydroxylation is 2. The van der Waals surface area contributed by atoms with Crippen LogP contribution in [0.4, 0.5) is 5.69 Å². The van der Waals surface area contributed by atoms with Gasteiger partial charge in [-0.25, -0.2) is 4.98 Å². The van der Waals surface area contributed by atoms with E-state index in [1.165, 1.54) is 5.56 Å². The number of carbonyl (C=O) groups excluding carboxylic acids is 1. The minimum Gasteiger partial charge on any atom is -0.481 e. The zero-order chi connectivity index (χ0) is 31.4. The van der Waals surface area contributed by atoms with Crippen molar-refractivity contribution >= 4 is 17.6 Å². The molecular weight excluding hydrogens is 558 g/mol. The zero-order valence-electron chi connectivity index (χ0n) is 26.6. The summed E-state index contributed by atoms with van der Waals surface area (Å²) < 4.78 is 13.9. The molecule has 1 N–H and O–H groups in total. The van der Waals surface area contributed by atoms with E-state index in [-0.39, 0.29) is 31.2 Å². The first-order valence-electron chi connectivity index (χ1n) is 15.6. The number of anilines is 1. The quantitative estimate of drug-likeness (QED) is 0.291. The number of likely N-dealkylation sites (tertiary alicyclic amines) is 1. The molecule has 0 spiro atoms. The third kappa shape index (κ3) is 7.25. The number of carboxylic acid groups (broad SMARTS) is 1. The lowest BCUT2D eigenvalue weighted by atomic mass is 9.83. The van der Waals surface area contributed by atoms with Crippen LogP contribution in [-0.2, 0) is 29.6 Å². The number of carboxylic acids is 1. The molecule has 3 aromatic rings. The summed E-state index contributed by atoms with van der Waals surface area (Å²) in [6.45, 7) is 4.33. The summed E-state index contributed by atoms with van der Waals surface area (Å²) in [5, 5.41) is 10.6. The van der Waals surface area contributed by atoms with Gasteiger partial charge in [0.25, 0.3) is 0 Å². The number of aromatic nitrogens is 2. The average molecular weight is 605 g/mol. The highest BCUT2D eigenvalue weighted by Crippen LogP contribution is 2.43. The zero-order valence-corrected chi connectivity index (χ0v) is 26.6. The van der Waals surface area contributed by atoms with Crippen molar-refractivity contribution in [1.82, 2.24) is 14.5 Å². The molecule has 0 radical (unpaired) electrons. The van der Waals surface area contributed by atoms with E-state index in [2.05, 4.69) is 50.1 Å². The summed E-state index contributed by atoms with van der Waals surface area (Å²) in [6, 6.07) is 13.6. The maximum Gasteiger partial charge on any atom is 0.308 e. The van der Waals surface area contributed by atoms with E-state index in [1.54, 1.807) is 6.20 Å². The SMILES string of the molecule is CCCCN(C(=O)CN1CC(c2ccc3c(c2)OCO3)C(C(=O)O)C1CCc1nccn1C)c1cccc(C[N+](C)(C)C)c1. The smallest absolute Gasteiger partial charge is 0.308 e. The van der Waals surface area contributed by atoms with Crippen LogP contribution >= 0.6 is 0 Å². The Morgan fingerprint density at radius 1 is 1.11 bits per heavy atom. The van der Waals surface area contributed by atoms with E-state index in [4.69, 9.17) is 9.47 Å². The Hall–Kier alpha value is -3.89. The van der Waals surface area contributed by atoms with E-state index in [0.717, 1.165) is 40.9 Å². The molecule has 2 aromatic carbocycles. The summed E-state index contributed by atoms with van der Waals surface area (Å²) in [4.78, 5) is 35.6. The fraction of sp³-hybridized carbons (Fsp3) is 0.500. The normalized spacial score (nSPS) is 19.8. The van der Waals surface area contributed by atoms with Crippen LogP contribution in [0.3, 0.4) is 0 Å². The number of carbonyl (C=O) groups is 2. The Labute approximate surface area is 260 Å². The maximum atomic E-state index is 14.2. The molecule has 1 fully saturated rings. The summed E-state index contributed by atoms with van der Waals surface area (Å²) in [7, 11) is 8.41. The van der Waals surface area contributed by atoms with Gasteiger partial charge in [-0.2, -0.15) is 0 Å². The largest absolute Gasteiger partial charge is 0.481 e. The number of imidazole rings is 1. The fourth-order valence-corrected chi connectivity index (χ4v) is 6.59. The van der Waals surface area contributed by atoms with Crippen molar-refractivity contribution in [3.8, 4) is 11.5 Å². The van der Waals surface area contributed by atoms with Gasteiger partial charge < -0.3 is 28.5 Å². The molecule has 1 aromatic heterocycles. The Bertz CT molecular complexity index is 1460. The Balaban J connectivity index is 1.44. The van der Waals surface area contributed by atoms with Crippen LogP contribution in [0.2, 0.25) is 0 Å². The topological polar surface area (TPSA) is 97.1 Å². The van der Waals surface area contributed by atoms with Crippen molar-refractivity contribution in [3.05, 3.63) is 71.8 Å². The van der Waals surface area contributed by atoms with Crippen molar-refractivity contribution < 1.29 is 28.7 Å². The molecule has 3 atom stereocenters. The second-order valence-corrected chi connectivity index (χ2v) is 13.1. The number of rotatable bonds is 13. The van der Waals surface area contributed by atoms with E-state index < -0.39 is 11.9 Å².